The molecule has 0 spiro atoms. The number of Topliss-reactive ketones (excluding diaryl/α,β-unsaturated/α-hetero) is 1. The molecule has 0 atom stereocenters. The van der Waals surface area contributed by atoms with E-state index in [1.807, 2.05) is 18.0 Å². The van der Waals surface area contributed by atoms with Crippen molar-refractivity contribution in [2.24, 2.45) is 10.9 Å². The van der Waals surface area contributed by atoms with Crippen molar-refractivity contribution in [3.63, 3.8) is 0 Å². The highest BCUT2D eigenvalue weighted by Crippen LogP contribution is 2.27. The molecule has 0 unspecified atom stereocenters. The molecule has 1 aliphatic rings. The molecule has 0 aromatic heterocycles. The van der Waals surface area contributed by atoms with Crippen LogP contribution in [-0.2, 0) is 4.79 Å². The lowest BCUT2D eigenvalue weighted by Gasteiger charge is -2.28. The number of carbonyl (C=O) groups excluding carboxylic acids is 1. The molecule has 1 aliphatic heterocycles. The number of benzene rings is 1. The van der Waals surface area contributed by atoms with Crippen LogP contribution in [0.1, 0.15) is 38.3 Å². The van der Waals surface area contributed by atoms with E-state index in [0.717, 1.165) is 12.1 Å². The number of halogens is 1. The van der Waals surface area contributed by atoms with Gasteiger partial charge in [-0.05, 0) is 42.6 Å². The van der Waals surface area contributed by atoms with Gasteiger partial charge in [-0.25, -0.2) is 9.38 Å². The lowest BCUT2D eigenvalue weighted by atomic mass is 10.0. The van der Waals surface area contributed by atoms with Crippen molar-refractivity contribution < 1.29 is 9.18 Å². The molecule has 1 heterocycles. The number of hydrogen-bond donors (Lipinski definition) is 0. The monoisotopic (exact) mass is 340 g/mol. The average Bonchev–Trinajstić information content (AvgIpc) is 2.52. The molecular weight excluding hydrogens is 315 g/mol. The molecule has 4 heteroatoms. The zero-order valence-corrected chi connectivity index (χ0v) is 15.6. The molecular formula is C21H25FN2O. The lowest BCUT2D eigenvalue weighted by molar-refractivity contribution is -0.111. The summed E-state index contributed by atoms with van der Waals surface area (Å²) in [5.74, 6) is 0.664. The molecule has 2 rings (SSSR count). The van der Waals surface area contributed by atoms with E-state index in [2.05, 4.69) is 25.4 Å². The summed E-state index contributed by atoms with van der Waals surface area (Å²) in [5.41, 5.74) is 2.97. The van der Waals surface area contributed by atoms with E-state index in [9.17, 15) is 9.18 Å². The third-order valence-corrected chi connectivity index (χ3v) is 4.13. The van der Waals surface area contributed by atoms with Gasteiger partial charge in [0.1, 0.15) is 17.3 Å². The summed E-state index contributed by atoms with van der Waals surface area (Å²) < 4.78 is 14.4. The molecule has 0 radical (unpaired) electrons. The number of aryl methyl sites for hydroxylation is 1. The minimum atomic E-state index is -0.281. The molecule has 0 saturated heterocycles. The van der Waals surface area contributed by atoms with Gasteiger partial charge in [0.05, 0.1) is 0 Å². The fourth-order valence-electron chi connectivity index (χ4n) is 2.69. The Morgan fingerprint density at radius 2 is 2.08 bits per heavy atom. The van der Waals surface area contributed by atoms with Crippen LogP contribution < -0.4 is 0 Å². The van der Waals surface area contributed by atoms with E-state index in [0.29, 0.717) is 34.2 Å². The van der Waals surface area contributed by atoms with Gasteiger partial charge in [-0.1, -0.05) is 38.6 Å². The topological polar surface area (TPSA) is 32.7 Å². The maximum atomic E-state index is 14.4. The summed E-state index contributed by atoms with van der Waals surface area (Å²) in [6.45, 7) is 11.5. The van der Waals surface area contributed by atoms with Gasteiger partial charge in [0.15, 0.2) is 5.78 Å². The van der Waals surface area contributed by atoms with Crippen LogP contribution in [0.3, 0.4) is 0 Å². The fourth-order valence-corrected chi connectivity index (χ4v) is 2.69. The minimum Gasteiger partial charge on any atom is -0.333 e. The van der Waals surface area contributed by atoms with E-state index in [-0.39, 0.29) is 11.6 Å². The Hall–Kier alpha value is -2.49. The summed E-state index contributed by atoms with van der Waals surface area (Å²) in [6, 6.07) is 5.23. The average molecular weight is 340 g/mol. The number of carbonyl (C=O) groups is 1. The van der Waals surface area contributed by atoms with Crippen LogP contribution in [0.2, 0.25) is 0 Å². The largest absolute Gasteiger partial charge is 0.333 e. The maximum Gasteiger partial charge on any atom is 0.178 e. The van der Waals surface area contributed by atoms with E-state index in [1.54, 1.807) is 31.2 Å². The van der Waals surface area contributed by atoms with E-state index >= 15 is 0 Å². The second-order valence-corrected chi connectivity index (χ2v) is 6.81. The first kappa shape index (κ1) is 18.8. The number of ketones is 1. The second kappa shape index (κ2) is 7.60. The second-order valence-electron chi connectivity index (χ2n) is 6.81. The van der Waals surface area contributed by atoms with Crippen molar-refractivity contribution in [3.05, 3.63) is 65.4 Å². The zero-order valence-electron chi connectivity index (χ0n) is 15.6. The first-order chi connectivity index (χ1) is 11.7. The first-order valence-electron chi connectivity index (χ1n) is 8.40. The third-order valence-electron chi connectivity index (χ3n) is 4.13. The fraction of sp³-hybridized carbons (Fsp3) is 0.333. The number of aliphatic imine (C=N–C) groups is 1. The van der Waals surface area contributed by atoms with Crippen molar-refractivity contribution in [2.75, 3.05) is 7.05 Å². The highest BCUT2D eigenvalue weighted by Gasteiger charge is 2.20. The predicted octanol–water partition coefficient (Wildman–Crippen LogP) is 4.89. The molecule has 0 aliphatic carbocycles. The molecule has 132 valence electrons. The molecule has 0 N–H and O–H groups in total. The van der Waals surface area contributed by atoms with E-state index < -0.39 is 0 Å². The molecule has 0 fully saturated rings. The number of nitrogens with zero attached hydrogens (tertiary/aromatic N) is 2. The van der Waals surface area contributed by atoms with Gasteiger partial charge in [0.25, 0.3) is 0 Å². The van der Waals surface area contributed by atoms with Crippen molar-refractivity contribution in [3.8, 4) is 0 Å². The highest BCUT2D eigenvalue weighted by atomic mass is 19.1. The van der Waals surface area contributed by atoms with Gasteiger partial charge in [-0.2, -0.15) is 0 Å². The van der Waals surface area contributed by atoms with Crippen LogP contribution in [0.5, 0.6) is 0 Å². The van der Waals surface area contributed by atoms with Crippen LogP contribution in [0, 0.1) is 18.7 Å². The van der Waals surface area contributed by atoms with Crippen LogP contribution in [0.25, 0.3) is 5.57 Å². The third kappa shape index (κ3) is 4.32. The summed E-state index contributed by atoms with van der Waals surface area (Å²) in [6.07, 6.45) is 4.38. The molecule has 3 nitrogen and oxygen atoms in total. The normalized spacial score (nSPS) is 16.1. The number of allylic oxidation sites excluding steroid dienone is 4. The van der Waals surface area contributed by atoms with Crippen molar-refractivity contribution in [1.29, 1.82) is 0 Å². The predicted molar refractivity (Wildman–Crippen MR) is 102 cm³/mol. The van der Waals surface area contributed by atoms with Crippen LogP contribution in [0.15, 0.2) is 53.4 Å². The smallest absolute Gasteiger partial charge is 0.178 e. The Kier molecular flexibility index (Phi) is 5.73. The first-order valence-corrected chi connectivity index (χ1v) is 8.40. The summed E-state index contributed by atoms with van der Waals surface area (Å²) >= 11 is 0. The van der Waals surface area contributed by atoms with E-state index in [1.165, 1.54) is 6.92 Å². The van der Waals surface area contributed by atoms with Crippen LogP contribution in [-0.4, -0.2) is 23.4 Å². The Labute approximate surface area is 149 Å². The van der Waals surface area contributed by atoms with Crippen molar-refractivity contribution in [1.82, 2.24) is 4.90 Å². The molecule has 0 saturated carbocycles. The van der Waals surface area contributed by atoms with Crippen LogP contribution >= 0.6 is 0 Å². The molecule has 0 bridgehead atoms. The lowest BCUT2D eigenvalue weighted by Crippen LogP contribution is -2.25. The standard InChI is InChI=1S/C21H25FN2O/c1-13(2)10-17-12-19(16(5)25)23-20(24(17)6)11-15(4)18-9-7-8-14(3)21(18)22/h7-9,11-13H,4,10H2,1-3,5-6H3/b20-11-. The van der Waals surface area contributed by atoms with Gasteiger partial charge >= 0.3 is 0 Å². The van der Waals surface area contributed by atoms with Gasteiger partial charge in [0.2, 0.25) is 0 Å². The number of hydrogen-bond acceptors (Lipinski definition) is 3. The quantitative estimate of drug-likeness (QED) is 0.764. The number of rotatable bonds is 5. The van der Waals surface area contributed by atoms with Gasteiger partial charge < -0.3 is 4.90 Å². The van der Waals surface area contributed by atoms with Gasteiger partial charge in [-0.15, -0.1) is 0 Å². The zero-order chi connectivity index (χ0) is 18.7. The van der Waals surface area contributed by atoms with E-state index in [4.69, 9.17) is 0 Å². The summed E-state index contributed by atoms with van der Waals surface area (Å²) in [5, 5.41) is 0. The van der Waals surface area contributed by atoms with Crippen molar-refractivity contribution >= 4 is 17.1 Å². The maximum absolute atomic E-state index is 14.4. The highest BCUT2D eigenvalue weighted by molar-refractivity contribution is 6.44. The summed E-state index contributed by atoms with van der Waals surface area (Å²) in [7, 11) is 1.90. The Morgan fingerprint density at radius 1 is 1.40 bits per heavy atom. The van der Waals surface area contributed by atoms with Gasteiger partial charge in [-0.3, -0.25) is 4.79 Å². The SMILES string of the molecule is C=C(/C=C1/N=C(C(C)=O)C=C(CC(C)C)N1C)c1cccc(C)c1F. The van der Waals surface area contributed by atoms with Crippen molar-refractivity contribution in [2.45, 2.75) is 34.1 Å². The summed E-state index contributed by atoms with van der Waals surface area (Å²) in [4.78, 5) is 18.2. The van der Waals surface area contributed by atoms with Gasteiger partial charge in [0, 0.05) is 25.2 Å². The Bertz CT molecular complexity index is 800. The molecule has 1 aromatic carbocycles. The Morgan fingerprint density at radius 3 is 2.68 bits per heavy atom. The molecule has 0 amide bonds. The van der Waals surface area contributed by atoms with Crippen LogP contribution in [0.4, 0.5) is 4.39 Å². The molecule has 25 heavy (non-hydrogen) atoms. The Balaban J connectivity index is 2.44. The minimum absolute atomic E-state index is 0.0902. The molecule has 1 aromatic rings.